The first-order valence-electron chi connectivity index (χ1n) is 9.61. The van der Waals surface area contributed by atoms with Gasteiger partial charge >= 0.3 is 6.48 Å². The zero-order valence-electron chi connectivity index (χ0n) is 16.3. The van der Waals surface area contributed by atoms with Gasteiger partial charge in [0.15, 0.2) is 11.5 Å². The van der Waals surface area contributed by atoms with Gasteiger partial charge in [-0.15, -0.1) is 0 Å². The normalized spacial score (nSPS) is 14.8. The van der Waals surface area contributed by atoms with Crippen LogP contribution >= 0.6 is 22.6 Å². The van der Waals surface area contributed by atoms with Crippen LogP contribution in [0.4, 0.5) is 0 Å². The number of halogens is 1. The smallest absolute Gasteiger partial charge is 0.360 e. The minimum absolute atomic E-state index is 0.492. The Morgan fingerprint density at radius 3 is 2.13 bits per heavy atom. The summed E-state index contributed by atoms with van der Waals surface area (Å²) >= 11 is 2.37. The molecule has 5 heteroatoms. The molecule has 4 nitrogen and oxygen atoms in total. The monoisotopic (exact) mass is 510 g/mol. The van der Waals surface area contributed by atoms with Crippen LogP contribution in [0.5, 0.6) is 17.2 Å². The first-order valence-corrected chi connectivity index (χ1v) is 10.7. The zero-order chi connectivity index (χ0) is 20.5. The maximum Gasteiger partial charge on any atom is 0.360 e. The predicted molar refractivity (Wildman–Crippen MR) is 125 cm³/mol. The van der Waals surface area contributed by atoms with E-state index >= 15 is 0 Å². The lowest BCUT2D eigenvalue weighted by Crippen LogP contribution is -2.19. The van der Waals surface area contributed by atoms with E-state index in [-0.39, 0.29) is 0 Å². The van der Waals surface area contributed by atoms with E-state index in [4.69, 9.17) is 18.9 Å². The Bertz CT molecular complexity index is 1190. The second-order valence-corrected chi connectivity index (χ2v) is 8.14. The van der Waals surface area contributed by atoms with E-state index in [9.17, 15) is 0 Å². The Morgan fingerprint density at radius 1 is 0.833 bits per heavy atom. The molecule has 0 aliphatic carbocycles. The number of hydrogen-bond donors (Lipinski definition) is 0. The summed E-state index contributed by atoms with van der Waals surface area (Å²) in [5, 5.41) is 2.03. The highest BCUT2D eigenvalue weighted by molar-refractivity contribution is 14.1. The molecule has 0 amide bonds. The summed E-state index contributed by atoms with van der Waals surface area (Å²) in [5.74, 6) is 2.13. The molecule has 1 heterocycles. The molecule has 1 aliphatic heterocycles. The minimum atomic E-state index is -0.732. The largest absolute Gasteiger partial charge is 0.488 e. The highest BCUT2D eigenvalue weighted by Crippen LogP contribution is 2.46. The summed E-state index contributed by atoms with van der Waals surface area (Å²) in [6.07, 6.45) is 0. The molecule has 1 atom stereocenters. The van der Waals surface area contributed by atoms with Gasteiger partial charge in [-0.25, -0.2) is 0 Å². The highest BCUT2D eigenvalue weighted by atomic mass is 127. The summed E-state index contributed by atoms with van der Waals surface area (Å²) in [4.78, 5) is 0. The van der Waals surface area contributed by atoms with E-state index in [1.54, 1.807) is 7.11 Å². The Labute approximate surface area is 188 Å². The third-order valence-electron chi connectivity index (χ3n) is 5.05. The molecular weight excluding hydrogens is 491 g/mol. The minimum Gasteiger partial charge on any atom is -0.488 e. The number of ether oxygens (including phenoxy) is 4. The van der Waals surface area contributed by atoms with Crippen LogP contribution in [-0.2, 0) is 11.3 Å². The second-order valence-electron chi connectivity index (χ2n) is 6.98. The lowest BCUT2D eigenvalue weighted by atomic mass is 9.97. The summed E-state index contributed by atoms with van der Waals surface area (Å²) in [6.45, 7) is -0.240. The van der Waals surface area contributed by atoms with E-state index in [0.29, 0.717) is 18.1 Å². The van der Waals surface area contributed by atoms with Crippen molar-refractivity contribution in [2.24, 2.45) is 0 Å². The van der Waals surface area contributed by atoms with Crippen molar-refractivity contribution in [1.29, 1.82) is 0 Å². The maximum atomic E-state index is 6.26. The van der Waals surface area contributed by atoms with Crippen LogP contribution in [0.25, 0.3) is 21.9 Å². The lowest BCUT2D eigenvalue weighted by molar-refractivity contribution is -0.157. The molecule has 5 rings (SSSR count). The van der Waals surface area contributed by atoms with Gasteiger partial charge in [0.1, 0.15) is 12.4 Å². The first kappa shape index (κ1) is 19.2. The molecule has 0 fully saturated rings. The molecule has 0 aromatic heterocycles. The fraction of sp³-hybridized carbons (Fsp3) is 0.120. The van der Waals surface area contributed by atoms with Crippen molar-refractivity contribution < 1.29 is 18.9 Å². The SMILES string of the molecule is COC1Oc2cc3c(OCc4ccccc4)cc(I)c(-c4ccccc4)c3cc2O1. The van der Waals surface area contributed by atoms with Gasteiger partial charge < -0.3 is 18.9 Å². The first-order chi connectivity index (χ1) is 14.7. The average molecular weight is 510 g/mol. The summed E-state index contributed by atoms with van der Waals surface area (Å²) in [5.41, 5.74) is 3.40. The van der Waals surface area contributed by atoms with Crippen LogP contribution in [0.15, 0.2) is 78.9 Å². The Kier molecular flexibility index (Phi) is 5.23. The molecule has 0 saturated heterocycles. The molecule has 1 aliphatic rings. The molecule has 4 aromatic carbocycles. The Balaban J connectivity index is 1.66. The zero-order valence-corrected chi connectivity index (χ0v) is 18.5. The number of rotatable bonds is 5. The lowest BCUT2D eigenvalue weighted by Gasteiger charge is -2.16. The molecule has 150 valence electrons. The number of benzene rings is 4. The van der Waals surface area contributed by atoms with Gasteiger partial charge in [-0.1, -0.05) is 60.7 Å². The van der Waals surface area contributed by atoms with Crippen molar-refractivity contribution >= 4 is 33.4 Å². The van der Waals surface area contributed by atoms with E-state index in [1.807, 2.05) is 48.5 Å². The van der Waals surface area contributed by atoms with Gasteiger partial charge in [-0.3, -0.25) is 0 Å². The van der Waals surface area contributed by atoms with E-state index in [1.165, 1.54) is 0 Å². The molecule has 4 aromatic rings. The fourth-order valence-electron chi connectivity index (χ4n) is 3.63. The van der Waals surface area contributed by atoms with E-state index < -0.39 is 6.48 Å². The van der Waals surface area contributed by atoms with Crippen molar-refractivity contribution in [3.63, 3.8) is 0 Å². The molecular formula is C25H19IO4. The molecule has 0 N–H and O–H groups in total. The van der Waals surface area contributed by atoms with Crippen molar-refractivity contribution in [3.05, 3.63) is 88.0 Å². The molecule has 0 saturated carbocycles. The van der Waals surface area contributed by atoms with Crippen molar-refractivity contribution in [3.8, 4) is 28.4 Å². The molecule has 1 unspecified atom stereocenters. The molecule has 0 bridgehead atoms. The Hall–Kier alpha value is -2.77. The summed E-state index contributed by atoms with van der Waals surface area (Å²) in [6, 6.07) is 26.6. The van der Waals surface area contributed by atoms with Gasteiger partial charge in [-0.2, -0.15) is 0 Å². The van der Waals surface area contributed by atoms with E-state index in [0.717, 1.165) is 36.8 Å². The third kappa shape index (κ3) is 3.59. The van der Waals surface area contributed by atoms with E-state index in [2.05, 4.69) is 52.9 Å². The second kappa shape index (κ2) is 8.16. The fourth-order valence-corrected chi connectivity index (χ4v) is 4.51. The third-order valence-corrected chi connectivity index (χ3v) is 5.90. The van der Waals surface area contributed by atoms with Crippen LogP contribution < -0.4 is 14.2 Å². The van der Waals surface area contributed by atoms with Crippen molar-refractivity contribution in [2.75, 3.05) is 7.11 Å². The topological polar surface area (TPSA) is 36.9 Å². The number of methoxy groups -OCH3 is 1. The quantitative estimate of drug-likeness (QED) is 0.292. The van der Waals surface area contributed by atoms with Gasteiger partial charge in [0, 0.05) is 21.6 Å². The number of hydrogen-bond acceptors (Lipinski definition) is 4. The van der Waals surface area contributed by atoms with Gasteiger partial charge in [0.05, 0.1) is 0 Å². The molecule has 30 heavy (non-hydrogen) atoms. The van der Waals surface area contributed by atoms with Gasteiger partial charge in [0.25, 0.3) is 0 Å². The summed E-state index contributed by atoms with van der Waals surface area (Å²) < 4.78 is 24.1. The highest BCUT2D eigenvalue weighted by Gasteiger charge is 2.26. The van der Waals surface area contributed by atoms with Gasteiger partial charge in [0.2, 0.25) is 0 Å². The average Bonchev–Trinajstić information content (AvgIpc) is 3.20. The standard InChI is InChI=1S/C25H19IO4/c1-27-25-29-22-12-18-19(13-23(22)30-25)24(17-10-6-3-7-11-17)20(26)14-21(18)28-15-16-8-4-2-5-9-16/h2-14,25H,15H2,1H3. The van der Waals surface area contributed by atoms with Crippen molar-refractivity contribution in [1.82, 2.24) is 0 Å². The Morgan fingerprint density at radius 2 is 1.47 bits per heavy atom. The summed E-state index contributed by atoms with van der Waals surface area (Å²) in [7, 11) is 1.56. The molecule has 0 spiro atoms. The van der Waals surface area contributed by atoms with Crippen molar-refractivity contribution in [2.45, 2.75) is 13.1 Å². The van der Waals surface area contributed by atoms with Crippen LogP contribution in [0.1, 0.15) is 5.56 Å². The van der Waals surface area contributed by atoms with Gasteiger partial charge in [-0.05, 0) is 57.3 Å². The van der Waals surface area contributed by atoms with Crippen LogP contribution in [-0.4, -0.2) is 13.6 Å². The number of fused-ring (bicyclic) bond motifs is 2. The van der Waals surface area contributed by atoms with Crippen LogP contribution in [0.2, 0.25) is 0 Å². The van der Waals surface area contributed by atoms with Crippen LogP contribution in [0.3, 0.4) is 0 Å². The molecule has 0 radical (unpaired) electrons. The van der Waals surface area contributed by atoms with Crippen LogP contribution in [0, 0.1) is 3.57 Å². The predicted octanol–water partition coefficient (Wildman–Crippen LogP) is 6.39. The maximum absolute atomic E-state index is 6.26.